The van der Waals surface area contributed by atoms with Gasteiger partial charge in [0.15, 0.2) is 0 Å². The molecular formula is C19H26Cl2N2O. The second kappa shape index (κ2) is 8.07. The molecule has 5 heteroatoms. The number of hydrogen-bond acceptors (Lipinski definition) is 2. The predicted molar refractivity (Wildman–Crippen MR) is 99.8 cm³/mol. The third-order valence-corrected chi connectivity index (χ3v) is 6.06. The Labute approximate surface area is 154 Å². The van der Waals surface area contributed by atoms with Crippen LogP contribution in [0.2, 0.25) is 10.0 Å². The molecule has 2 saturated carbocycles. The lowest BCUT2D eigenvalue weighted by Crippen LogP contribution is -2.48. The molecule has 2 unspecified atom stereocenters. The standard InChI is InChI=1S/C19H26Cl2N2O/c1-23(14-9-10-14)18-6-3-5-17(18)22-19(24)7-2-4-13-8-11-15(20)16(21)12-13/h8,11-12,14,17-18H,2-7,9-10H2,1H3,(H,22,24). The van der Waals surface area contributed by atoms with Crippen LogP contribution >= 0.6 is 23.2 Å². The maximum atomic E-state index is 12.3. The van der Waals surface area contributed by atoms with E-state index in [2.05, 4.69) is 17.3 Å². The first-order valence-electron chi connectivity index (χ1n) is 9.00. The quantitative estimate of drug-likeness (QED) is 0.770. The number of benzene rings is 1. The second-order valence-corrected chi connectivity index (χ2v) is 7.99. The third-order valence-electron chi connectivity index (χ3n) is 5.33. The number of halogens is 2. The number of aryl methyl sites for hydroxylation is 1. The average molecular weight is 369 g/mol. The monoisotopic (exact) mass is 368 g/mol. The number of carbonyl (C=O) groups is 1. The van der Waals surface area contributed by atoms with Gasteiger partial charge in [0, 0.05) is 24.5 Å². The molecule has 2 aliphatic carbocycles. The van der Waals surface area contributed by atoms with Crippen molar-refractivity contribution in [1.29, 1.82) is 0 Å². The summed E-state index contributed by atoms with van der Waals surface area (Å²) in [5.41, 5.74) is 1.13. The fourth-order valence-electron chi connectivity index (χ4n) is 3.78. The summed E-state index contributed by atoms with van der Waals surface area (Å²) in [6, 6.07) is 7.28. The Balaban J connectivity index is 1.42. The van der Waals surface area contributed by atoms with Crippen LogP contribution in [0.1, 0.15) is 50.5 Å². The van der Waals surface area contributed by atoms with Crippen LogP contribution < -0.4 is 5.32 Å². The number of nitrogens with one attached hydrogen (secondary N) is 1. The molecule has 1 aromatic rings. The van der Waals surface area contributed by atoms with Crippen LogP contribution in [0, 0.1) is 0 Å². The summed E-state index contributed by atoms with van der Waals surface area (Å²) < 4.78 is 0. The zero-order valence-corrected chi connectivity index (χ0v) is 15.7. The molecule has 0 radical (unpaired) electrons. The fourth-order valence-corrected chi connectivity index (χ4v) is 4.10. The van der Waals surface area contributed by atoms with Crippen LogP contribution in [0.25, 0.3) is 0 Å². The van der Waals surface area contributed by atoms with E-state index in [9.17, 15) is 4.79 Å². The van der Waals surface area contributed by atoms with Gasteiger partial charge >= 0.3 is 0 Å². The Hall–Kier alpha value is -0.770. The average Bonchev–Trinajstić information content (AvgIpc) is 3.30. The van der Waals surface area contributed by atoms with Gasteiger partial charge in [0.1, 0.15) is 0 Å². The van der Waals surface area contributed by atoms with Crippen molar-refractivity contribution in [3.05, 3.63) is 33.8 Å². The zero-order valence-electron chi connectivity index (χ0n) is 14.2. The lowest BCUT2D eigenvalue weighted by molar-refractivity contribution is -0.122. The predicted octanol–water partition coefficient (Wildman–Crippen LogP) is 4.45. The van der Waals surface area contributed by atoms with Gasteiger partial charge in [-0.1, -0.05) is 29.3 Å². The number of likely N-dealkylation sites (N-methyl/N-ethyl adjacent to an activating group) is 1. The van der Waals surface area contributed by atoms with Gasteiger partial charge in [-0.25, -0.2) is 0 Å². The second-order valence-electron chi connectivity index (χ2n) is 7.17. The van der Waals surface area contributed by atoms with Gasteiger partial charge in [-0.3, -0.25) is 9.69 Å². The van der Waals surface area contributed by atoms with E-state index in [1.165, 1.54) is 25.7 Å². The van der Waals surface area contributed by atoms with Gasteiger partial charge in [-0.15, -0.1) is 0 Å². The first-order valence-corrected chi connectivity index (χ1v) is 9.75. The Morgan fingerprint density at radius 3 is 2.71 bits per heavy atom. The molecule has 3 nitrogen and oxygen atoms in total. The zero-order chi connectivity index (χ0) is 17.1. The molecule has 24 heavy (non-hydrogen) atoms. The molecule has 3 rings (SSSR count). The molecule has 0 aliphatic heterocycles. The summed E-state index contributed by atoms with van der Waals surface area (Å²) in [7, 11) is 2.22. The molecule has 1 N–H and O–H groups in total. The maximum absolute atomic E-state index is 12.3. The van der Waals surface area contributed by atoms with Crippen molar-refractivity contribution in [1.82, 2.24) is 10.2 Å². The van der Waals surface area contributed by atoms with Gasteiger partial charge in [0.05, 0.1) is 10.0 Å². The normalized spacial score (nSPS) is 23.7. The summed E-state index contributed by atoms with van der Waals surface area (Å²) in [6.07, 6.45) is 8.42. The SMILES string of the molecule is CN(C1CC1)C1CCCC1NC(=O)CCCc1ccc(Cl)c(Cl)c1. The first kappa shape index (κ1) is 18.0. The van der Waals surface area contributed by atoms with Gasteiger partial charge in [-0.05, 0) is 69.7 Å². The van der Waals surface area contributed by atoms with E-state index in [0.29, 0.717) is 28.5 Å². The van der Waals surface area contributed by atoms with Gasteiger partial charge in [0.2, 0.25) is 5.91 Å². The van der Waals surface area contributed by atoms with Crippen LogP contribution in [-0.4, -0.2) is 36.0 Å². The summed E-state index contributed by atoms with van der Waals surface area (Å²) in [6.45, 7) is 0. The highest BCUT2D eigenvalue weighted by Gasteiger charge is 2.37. The Morgan fingerprint density at radius 1 is 1.21 bits per heavy atom. The molecule has 0 bridgehead atoms. The molecule has 0 spiro atoms. The third kappa shape index (κ3) is 4.65. The van der Waals surface area contributed by atoms with Crippen molar-refractivity contribution in [2.75, 3.05) is 7.05 Å². The Morgan fingerprint density at radius 2 is 2.00 bits per heavy atom. The first-order chi connectivity index (χ1) is 11.5. The molecule has 1 amide bonds. The minimum atomic E-state index is 0.177. The lowest BCUT2D eigenvalue weighted by Gasteiger charge is -2.30. The number of carbonyl (C=O) groups excluding carboxylic acids is 1. The topological polar surface area (TPSA) is 32.3 Å². The molecule has 2 fully saturated rings. The highest BCUT2D eigenvalue weighted by Crippen LogP contribution is 2.33. The molecule has 132 valence electrons. The van der Waals surface area contributed by atoms with Crippen LogP contribution in [0.15, 0.2) is 18.2 Å². The van der Waals surface area contributed by atoms with Crippen molar-refractivity contribution in [3.63, 3.8) is 0 Å². The van der Waals surface area contributed by atoms with E-state index in [1.807, 2.05) is 18.2 Å². The number of amides is 1. The smallest absolute Gasteiger partial charge is 0.220 e. The summed E-state index contributed by atoms with van der Waals surface area (Å²) in [4.78, 5) is 14.8. The van der Waals surface area contributed by atoms with Gasteiger partial charge in [-0.2, -0.15) is 0 Å². The summed E-state index contributed by atoms with van der Waals surface area (Å²) in [5, 5.41) is 4.42. The molecule has 2 aliphatic rings. The molecular weight excluding hydrogens is 343 g/mol. The van der Waals surface area contributed by atoms with Crippen molar-refractivity contribution in [3.8, 4) is 0 Å². The Kier molecular flexibility index (Phi) is 6.07. The van der Waals surface area contributed by atoms with Crippen LogP contribution in [0.5, 0.6) is 0 Å². The highest BCUT2D eigenvalue weighted by molar-refractivity contribution is 6.42. The highest BCUT2D eigenvalue weighted by atomic mass is 35.5. The number of nitrogens with zero attached hydrogens (tertiary/aromatic N) is 1. The minimum absolute atomic E-state index is 0.177. The van der Waals surface area contributed by atoms with Crippen LogP contribution in [-0.2, 0) is 11.2 Å². The number of rotatable bonds is 7. The van der Waals surface area contributed by atoms with E-state index in [4.69, 9.17) is 23.2 Å². The molecule has 1 aromatic carbocycles. The summed E-state index contributed by atoms with van der Waals surface area (Å²) >= 11 is 12.0. The minimum Gasteiger partial charge on any atom is -0.352 e. The van der Waals surface area contributed by atoms with E-state index in [1.54, 1.807) is 0 Å². The molecule has 0 aromatic heterocycles. The fraction of sp³-hybridized carbons (Fsp3) is 0.632. The number of hydrogen-bond donors (Lipinski definition) is 1. The van der Waals surface area contributed by atoms with E-state index < -0.39 is 0 Å². The van der Waals surface area contributed by atoms with Gasteiger partial charge < -0.3 is 5.32 Å². The van der Waals surface area contributed by atoms with E-state index in [-0.39, 0.29) is 5.91 Å². The van der Waals surface area contributed by atoms with Gasteiger partial charge in [0.25, 0.3) is 0 Å². The van der Waals surface area contributed by atoms with Crippen molar-refractivity contribution >= 4 is 29.1 Å². The van der Waals surface area contributed by atoms with Crippen molar-refractivity contribution in [2.24, 2.45) is 0 Å². The van der Waals surface area contributed by atoms with Crippen molar-refractivity contribution < 1.29 is 4.79 Å². The van der Waals surface area contributed by atoms with Crippen molar-refractivity contribution in [2.45, 2.75) is 69.5 Å². The van der Waals surface area contributed by atoms with Crippen LogP contribution in [0.4, 0.5) is 0 Å². The van der Waals surface area contributed by atoms with E-state index >= 15 is 0 Å². The molecule has 2 atom stereocenters. The van der Waals surface area contributed by atoms with Crippen LogP contribution in [0.3, 0.4) is 0 Å². The molecule has 0 saturated heterocycles. The Bertz CT molecular complexity index is 589. The summed E-state index contributed by atoms with van der Waals surface area (Å²) in [5.74, 6) is 0.177. The maximum Gasteiger partial charge on any atom is 0.220 e. The lowest BCUT2D eigenvalue weighted by atomic mass is 10.1. The van der Waals surface area contributed by atoms with E-state index in [0.717, 1.165) is 30.9 Å². The largest absolute Gasteiger partial charge is 0.352 e. The molecule has 0 heterocycles.